The summed E-state index contributed by atoms with van der Waals surface area (Å²) < 4.78 is 17.4. The van der Waals surface area contributed by atoms with Crippen LogP contribution in [0.1, 0.15) is 56.8 Å². The second-order valence-corrected chi connectivity index (χ2v) is 8.71. The number of carbonyl (C=O) groups excluding carboxylic acids is 2. The number of esters is 1. The third-order valence-electron chi connectivity index (χ3n) is 4.44. The molecule has 0 aromatic heterocycles. The molecule has 0 spiro atoms. The highest BCUT2D eigenvalue weighted by molar-refractivity contribution is 9.10. The molecule has 27 heavy (non-hydrogen) atoms. The van der Waals surface area contributed by atoms with Gasteiger partial charge in [0, 0.05) is 23.4 Å². The molecule has 0 aliphatic carbocycles. The Morgan fingerprint density at radius 3 is 2.70 bits per heavy atom. The van der Waals surface area contributed by atoms with Gasteiger partial charge in [0.2, 0.25) is 0 Å². The molecule has 0 saturated carbocycles. The summed E-state index contributed by atoms with van der Waals surface area (Å²) in [6.45, 7) is 7.62. The fraction of sp³-hybridized carbons (Fsp3) is 0.500. The lowest BCUT2D eigenvalue weighted by Crippen LogP contribution is -2.37. The quantitative estimate of drug-likeness (QED) is 0.634. The first-order chi connectivity index (χ1) is 12.6. The van der Waals surface area contributed by atoms with Crippen molar-refractivity contribution in [2.24, 2.45) is 0 Å². The molecule has 0 radical (unpaired) electrons. The summed E-state index contributed by atoms with van der Waals surface area (Å²) >= 11 is 3.55. The van der Waals surface area contributed by atoms with E-state index in [1.165, 1.54) is 6.92 Å². The maximum absolute atomic E-state index is 12.8. The van der Waals surface area contributed by atoms with Crippen LogP contribution in [-0.2, 0) is 25.6 Å². The van der Waals surface area contributed by atoms with Crippen LogP contribution < -0.4 is 0 Å². The average Bonchev–Trinajstić information content (AvgIpc) is 2.95. The minimum absolute atomic E-state index is 0.259. The van der Waals surface area contributed by atoms with Crippen LogP contribution in [0.2, 0.25) is 0 Å². The highest BCUT2D eigenvalue weighted by atomic mass is 79.9. The van der Waals surface area contributed by atoms with Crippen molar-refractivity contribution in [1.82, 2.24) is 4.90 Å². The predicted molar refractivity (Wildman–Crippen MR) is 104 cm³/mol. The van der Waals surface area contributed by atoms with Gasteiger partial charge in [0.15, 0.2) is 0 Å². The number of likely N-dealkylation sites (tertiary alicyclic amines) is 1. The van der Waals surface area contributed by atoms with Crippen LogP contribution in [0.3, 0.4) is 0 Å². The van der Waals surface area contributed by atoms with Crippen LogP contribution in [-0.4, -0.2) is 35.2 Å². The summed E-state index contributed by atoms with van der Waals surface area (Å²) in [6.07, 6.45) is 3.31. The predicted octanol–water partition coefficient (Wildman–Crippen LogP) is 4.56. The zero-order valence-electron chi connectivity index (χ0n) is 16.0. The first-order valence-electron chi connectivity index (χ1n) is 8.91. The monoisotopic (exact) mass is 437 g/mol. The van der Waals surface area contributed by atoms with E-state index in [0.717, 1.165) is 21.2 Å². The lowest BCUT2D eigenvalue weighted by Gasteiger charge is -2.30. The van der Waals surface area contributed by atoms with Crippen molar-refractivity contribution in [2.75, 3.05) is 6.54 Å². The third kappa shape index (κ3) is 4.64. The Balaban J connectivity index is 1.97. The molecule has 7 heteroatoms. The Labute approximate surface area is 167 Å². The number of halogens is 1. The van der Waals surface area contributed by atoms with E-state index in [1.54, 1.807) is 11.2 Å². The smallest absolute Gasteiger partial charge is 0.410 e. The summed E-state index contributed by atoms with van der Waals surface area (Å²) in [7, 11) is 0. The van der Waals surface area contributed by atoms with Gasteiger partial charge >= 0.3 is 12.1 Å². The van der Waals surface area contributed by atoms with Gasteiger partial charge in [-0.15, -0.1) is 0 Å². The zero-order valence-corrected chi connectivity index (χ0v) is 17.5. The molecule has 2 aliphatic rings. The topological polar surface area (TPSA) is 65.1 Å². The number of nitrogens with zero attached hydrogens (tertiary/aromatic N) is 1. The number of carbonyl (C=O) groups is 2. The van der Waals surface area contributed by atoms with E-state index in [-0.39, 0.29) is 18.1 Å². The van der Waals surface area contributed by atoms with E-state index in [0.29, 0.717) is 19.6 Å². The van der Waals surface area contributed by atoms with Crippen LogP contribution in [0.25, 0.3) is 6.08 Å². The van der Waals surface area contributed by atoms with Gasteiger partial charge in [-0.3, -0.25) is 9.69 Å². The SMILES string of the molecule is CC(=O)OC1CC(c2cc(Br)cc3c2COC=C3)N(C(=O)OC(C)(C)C)C1. The molecule has 0 bridgehead atoms. The minimum atomic E-state index is -0.607. The zero-order chi connectivity index (χ0) is 19.8. The minimum Gasteiger partial charge on any atom is -0.496 e. The molecule has 2 aliphatic heterocycles. The molecule has 2 unspecified atom stereocenters. The Kier molecular flexibility index (Phi) is 5.51. The number of ether oxygens (including phenoxy) is 3. The Morgan fingerprint density at radius 1 is 1.30 bits per heavy atom. The molecule has 1 aromatic rings. The van der Waals surface area contributed by atoms with E-state index in [9.17, 15) is 9.59 Å². The number of benzene rings is 1. The highest BCUT2D eigenvalue weighted by Gasteiger charge is 2.41. The van der Waals surface area contributed by atoms with E-state index in [1.807, 2.05) is 39.0 Å². The maximum atomic E-state index is 12.8. The van der Waals surface area contributed by atoms with Gasteiger partial charge in [-0.25, -0.2) is 4.79 Å². The summed E-state index contributed by atoms with van der Waals surface area (Å²) in [5, 5.41) is 0. The molecular formula is C20H24BrNO5. The van der Waals surface area contributed by atoms with Gasteiger partial charge < -0.3 is 14.2 Å². The van der Waals surface area contributed by atoms with Gasteiger partial charge in [-0.05, 0) is 50.1 Å². The Hall–Kier alpha value is -2.02. The molecule has 6 nitrogen and oxygen atoms in total. The summed E-state index contributed by atoms with van der Waals surface area (Å²) in [5.41, 5.74) is 2.45. The van der Waals surface area contributed by atoms with Gasteiger partial charge in [0.1, 0.15) is 18.3 Å². The number of fused-ring (bicyclic) bond motifs is 1. The van der Waals surface area contributed by atoms with Crippen molar-refractivity contribution < 1.29 is 23.8 Å². The number of rotatable bonds is 2. The Morgan fingerprint density at radius 2 is 2.04 bits per heavy atom. The molecule has 2 heterocycles. The largest absolute Gasteiger partial charge is 0.496 e. The number of amides is 1. The Bertz CT molecular complexity index is 783. The standard InChI is InChI=1S/C20H24BrNO5/c1-12(23)26-15-9-18(22(10-15)19(24)27-20(2,3)4)16-8-14(21)7-13-5-6-25-11-17(13)16/h5-8,15,18H,9-11H2,1-4H3. The van der Waals surface area contributed by atoms with Crippen LogP contribution >= 0.6 is 15.9 Å². The second kappa shape index (κ2) is 7.54. The molecule has 0 N–H and O–H groups in total. The molecule has 1 aromatic carbocycles. The van der Waals surface area contributed by atoms with E-state index < -0.39 is 11.7 Å². The van der Waals surface area contributed by atoms with Crippen molar-refractivity contribution >= 4 is 34.1 Å². The average molecular weight is 438 g/mol. The van der Waals surface area contributed by atoms with Crippen LogP contribution in [0, 0.1) is 0 Å². The third-order valence-corrected chi connectivity index (χ3v) is 4.90. The van der Waals surface area contributed by atoms with Crippen molar-refractivity contribution in [1.29, 1.82) is 0 Å². The van der Waals surface area contributed by atoms with E-state index >= 15 is 0 Å². The van der Waals surface area contributed by atoms with Crippen molar-refractivity contribution in [3.8, 4) is 0 Å². The maximum Gasteiger partial charge on any atom is 0.410 e. The van der Waals surface area contributed by atoms with Crippen molar-refractivity contribution in [3.63, 3.8) is 0 Å². The number of hydrogen-bond donors (Lipinski definition) is 0. The van der Waals surface area contributed by atoms with Gasteiger partial charge in [-0.2, -0.15) is 0 Å². The highest BCUT2D eigenvalue weighted by Crippen LogP contribution is 2.40. The number of hydrogen-bond acceptors (Lipinski definition) is 5. The van der Waals surface area contributed by atoms with E-state index in [4.69, 9.17) is 14.2 Å². The lowest BCUT2D eigenvalue weighted by molar-refractivity contribution is -0.145. The lowest BCUT2D eigenvalue weighted by atomic mass is 9.93. The molecule has 2 atom stereocenters. The van der Waals surface area contributed by atoms with Crippen LogP contribution in [0.15, 0.2) is 22.9 Å². The molecule has 1 fully saturated rings. The fourth-order valence-corrected chi connectivity index (χ4v) is 3.97. The molecular weight excluding hydrogens is 414 g/mol. The fourth-order valence-electron chi connectivity index (χ4n) is 3.48. The summed E-state index contributed by atoms with van der Waals surface area (Å²) in [4.78, 5) is 25.9. The first-order valence-corrected chi connectivity index (χ1v) is 9.70. The van der Waals surface area contributed by atoms with Gasteiger partial charge in [0.05, 0.1) is 18.8 Å². The van der Waals surface area contributed by atoms with Crippen LogP contribution in [0.4, 0.5) is 4.79 Å². The van der Waals surface area contributed by atoms with Gasteiger partial charge in [-0.1, -0.05) is 15.9 Å². The first kappa shape index (κ1) is 19.7. The van der Waals surface area contributed by atoms with E-state index in [2.05, 4.69) is 15.9 Å². The van der Waals surface area contributed by atoms with Crippen molar-refractivity contribution in [3.05, 3.63) is 39.6 Å². The van der Waals surface area contributed by atoms with Gasteiger partial charge in [0.25, 0.3) is 0 Å². The molecule has 3 rings (SSSR count). The molecule has 146 valence electrons. The van der Waals surface area contributed by atoms with Crippen LogP contribution in [0.5, 0.6) is 0 Å². The summed E-state index contributed by atoms with van der Waals surface area (Å²) in [6, 6.07) is 3.76. The van der Waals surface area contributed by atoms with Crippen molar-refractivity contribution in [2.45, 2.75) is 58.5 Å². The normalized spacial score (nSPS) is 21.4. The summed E-state index contributed by atoms with van der Waals surface area (Å²) in [5.74, 6) is -0.354. The second-order valence-electron chi connectivity index (χ2n) is 7.79. The molecule has 1 saturated heterocycles. The molecule has 1 amide bonds.